The molecule has 0 bridgehead atoms. The summed E-state index contributed by atoms with van der Waals surface area (Å²) < 4.78 is 1.08. The molecule has 0 unspecified atom stereocenters. The highest BCUT2D eigenvalue weighted by atomic mass is 79.9. The van der Waals surface area contributed by atoms with Crippen molar-refractivity contribution in [2.24, 2.45) is 0 Å². The van der Waals surface area contributed by atoms with E-state index in [2.05, 4.69) is 34.2 Å². The summed E-state index contributed by atoms with van der Waals surface area (Å²) in [5.41, 5.74) is 1.18. The predicted molar refractivity (Wildman–Crippen MR) is 80.9 cm³/mol. The van der Waals surface area contributed by atoms with Gasteiger partial charge in [-0.15, -0.1) is 0 Å². The van der Waals surface area contributed by atoms with Crippen LogP contribution in [-0.2, 0) is 11.3 Å². The van der Waals surface area contributed by atoms with Crippen LogP contribution in [0.3, 0.4) is 0 Å². The van der Waals surface area contributed by atoms with E-state index in [0.717, 1.165) is 30.3 Å². The second-order valence-electron chi connectivity index (χ2n) is 5.02. The van der Waals surface area contributed by atoms with Gasteiger partial charge in [-0.1, -0.05) is 41.1 Å². The first-order valence-corrected chi connectivity index (χ1v) is 7.75. The van der Waals surface area contributed by atoms with E-state index in [9.17, 15) is 4.79 Å². The lowest BCUT2D eigenvalue weighted by Gasteiger charge is -2.23. The average Bonchev–Trinajstić information content (AvgIpc) is 3.22. The minimum atomic E-state index is 0.215. The number of hydrogen-bond acceptors (Lipinski definition) is 2. The number of nitrogens with one attached hydrogen (secondary N) is 1. The van der Waals surface area contributed by atoms with Crippen molar-refractivity contribution in [3.8, 4) is 0 Å². The second kappa shape index (κ2) is 7.06. The highest BCUT2D eigenvalue weighted by molar-refractivity contribution is 9.10. The SMILES string of the molecule is CCCNCC(=O)N(Cc1ccccc1Br)C1CC1. The van der Waals surface area contributed by atoms with Gasteiger partial charge in [0.1, 0.15) is 0 Å². The Kier molecular flexibility index (Phi) is 5.40. The molecule has 3 nitrogen and oxygen atoms in total. The summed E-state index contributed by atoms with van der Waals surface area (Å²) in [7, 11) is 0. The molecule has 2 rings (SSSR count). The van der Waals surface area contributed by atoms with E-state index in [4.69, 9.17) is 0 Å². The number of benzene rings is 1. The van der Waals surface area contributed by atoms with Crippen LogP contribution in [0.5, 0.6) is 0 Å². The first-order chi connectivity index (χ1) is 9.22. The Labute approximate surface area is 123 Å². The molecule has 0 radical (unpaired) electrons. The standard InChI is InChI=1S/C15H21BrN2O/c1-2-9-17-10-15(19)18(13-7-8-13)11-12-5-3-4-6-14(12)16/h3-6,13,17H,2,7-11H2,1H3. The fourth-order valence-corrected chi connectivity index (χ4v) is 2.50. The Balaban J connectivity index is 1.96. The quantitative estimate of drug-likeness (QED) is 0.782. The number of halogens is 1. The summed E-state index contributed by atoms with van der Waals surface area (Å²) in [5, 5.41) is 3.20. The maximum atomic E-state index is 12.3. The first kappa shape index (κ1) is 14.5. The summed E-state index contributed by atoms with van der Waals surface area (Å²) >= 11 is 3.55. The van der Waals surface area contributed by atoms with Crippen LogP contribution in [-0.4, -0.2) is 29.9 Å². The third-order valence-corrected chi connectivity index (χ3v) is 4.08. The van der Waals surface area contributed by atoms with Gasteiger partial charge in [-0.05, 0) is 37.4 Å². The Morgan fingerprint density at radius 1 is 1.42 bits per heavy atom. The molecule has 0 aromatic heterocycles. The summed E-state index contributed by atoms with van der Waals surface area (Å²) in [6.45, 7) is 4.17. The zero-order valence-corrected chi connectivity index (χ0v) is 12.9. The number of carbonyl (C=O) groups excluding carboxylic acids is 1. The maximum Gasteiger partial charge on any atom is 0.237 e. The fraction of sp³-hybridized carbons (Fsp3) is 0.533. The van der Waals surface area contributed by atoms with Crippen LogP contribution in [0.25, 0.3) is 0 Å². The zero-order valence-electron chi connectivity index (χ0n) is 11.4. The van der Waals surface area contributed by atoms with Crippen molar-refractivity contribution in [3.05, 3.63) is 34.3 Å². The molecule has 1 aromatic carbocycles. The van der Waals surface area contributed by atoms with Gasteiger partial charge in [0.15, 0.2) is 0 Å². The van der Waals surface area contributed by atoms with Gasteiger partial charge in [0.2, 0.25) is 5.91 Å². The lowest BCUT2D eigenvalue weighted by Crippen LogP contribution is -2.39. The van der Waals surface area contributed by atoms with Crippen LogP contribution in [0.1, 0.15) is 31.7 Å². The molecular formula is C15H21BrN2O. The Morgan fingerprint density at radius 2 is 2.16 bits per heavy atom. The zero-order chi connectivity index (χ0) is 13.7. The Hall–Kier alpha value is -0.870. The molecule has 1 fully saturated rings. The average molecular weight is 325 g/mol. The number of nitrogens with zero attached hydrogens (tertiary/aromatic N) is 1. The van der Waals surface area contributed by atoms with Crippen LogP contribution in [0, 0.1) is 0 Å². The van der Waals surface area contributed by atoms with Crippen molar-refractivity contribution in [3.63, 3.8) is 0 Å². The molecule has 1 N–H and O–H groups in total. The van der Waals surface area contributed by atoms with E-state index in [1.54, 1.807) is 0 Å². The van der Waals surface area contributed by atoms with Gasteiger partial charge < -0.3 is 10.2 Å². The van der Waals surface area contributed by atoms with Crippen LogP contribution < -0.4 is 5.32 Å². The highest BCUT2D eigenvalue weighted by Gasteiger charge is 2.32. The first-order valence-electron chi connectivity index (χ1n) is 6.96. The van der Waals surface area contributed by atoms with Crippen LogP contribution in [0.15, 0.2) is 28.7 Å². The van der Waals surface area contributed by atoms with Crippen molar-refractivity contribution in [2.75, 3.05) is 13.1 Å². The number of rotatable bonds is 7. The smallest absolute Gasteiger partial charge is 0.237 e. The molecule has 1 aliphatic carbocycles. The summed E-state index contributed by atoms with van der Waals surface area (Å²) in [6, 6.07) is 8.57. The van der Waals surface area contributed by atoms with Gasteiger partial charge in [0.05, 0.1) is 6.54 Å². The fourth-order valence-electron chi connectivity index (χ4n) is 2.09. The molecule has 0 aliphatic heterocycles. The lowest BCUT2D eigenvalue weighted by molar-refractivity contribution is -0.131. The summed E-state index contributed by atoms with van der Waals surface area (Å²) in [4.78, 5) is 14.3. The van der Waals surface area contributed by atoms with E-state index in [0.29, 0.717) is 19.1 Å². The number of hydrogen-bond donors (Lipinski definition) is 1. The summed E-state index contributed by atoms with van der Waals surface area (Å²) in [6.07, 6.45) is 3.34. The highest BCUT2D eigenvalue weighted by Crippen LogP contribution is 2.29. The topological polar surface area (TPSA) is 32.3 Å². The minimum Gasteiger partial charge on any atom is -0.334 e. The Bertz CT molecular complexity index is 432. The molecule has 0 saturated heterocycles. The molecule has 19 heavy (non-hydrogen) atoms. The van der Waals surface area contributed by atoms with E-state index >= 15 is 0 Å². The third-order valence-electron chi connectivity index (χ3n) is 3.31. The normalized spacial score (nSPS) is 14.4. The molecule has 1 aromatic rings. The van der Waals surface area contributed by atoms with E-state index < -0.39 is 0 Å². The van der Waals surface area contributed by atoms with Crippen molar-refractivity contribution < 1.29 is 4.79 Å². The van der Waals surface area contributed by atoms with Crippen LogP contribution >= 0.6 is 15.9 Å². The van der Waals surface area contributed by atoms with Crippen LogP contribution in [0.2, 0.25) is 0 Å². The molecule has 104 valence electrons. The van der Waals surface area contributed by atoms with Crippen molar-refractivity contribution in [2.45, 2.75) is 38.8 Å². The van der Waals surface area contributed by atoms with E-state index in [1.165, 1.54) is 5.56 Å². The molecule has 0 spiro atoms. The van der Waals surface area contributed by atoms with Crippen LogP contribution in [0.4, 0.5) is 0 Å². The minimum absolute atomic E-state index is 0.215. The van der Waals surface area contributed by atoms with Gasteiger partial charge in [-0.25, -0.2) is 0 Å². The van der Waals surface area contributed by atoms with Gasteiger partial charge in [0.25, 0.3) is 0 Å². The van der Waals surface area contributed by atoms with Gasteiger partial charge in [-0.3, -0.25) is 4.79 Å². The monoisotopic (exact) mass is 324 g/mol. The molecule has 4 heteroatoms. The van der Waals surface area contributed by atoms with Gasteiger partial charge in [0, 0.05) is 17.1 Å². The maximum absolute atomic E-state index is 12.3. The van der Waals surface area contributed by atoms with Crippen molar-refractivity contribution in [1.82, 2.24) is 10.2 Å². The molecule has 1 amide bonds. The lowest BCUT2D eigenvalue weighted by atomic mass is 10.2. The second-order valence-corrected chi connectivity index (χ2v) is 5.88. The summed E-state index contributed by atoms with van der Waals surface area (Å²) in [5.74, 6) is 0.215. The molecule has 0 heterocycles. The molecule has 0 atom stereocenters. The number of carbonyl (C=O) groups is 1. The Morgan fingerprint density at radius 3 is 2.79 bits per heavy atom. The third kappa shape index (κ3) is 4.32. The van der Waals surface area contributed by atoms with Gasteiger partial charge >= 0.3 is 0 Å². The van der Waals surface area contributed by atoms with E-state index in [1.807, 2.05) is 23.1 Å². The van der Waals surface area contributed by atoms with Crippen molar-refractivity contribution in [1.29, 1.82) is 0 Å². The predicted octanol–water partition coefficient (Wildman–Crippen LogP) is 2.94. The van der Waals surface area contributed by atoms with Gasteiger partial charge in [-0.2, -0.15) is 0 Å². The van der Waals surface area contributed by atoms with Crippen molar-refractivity contribution >= 4 is 21.8 Å². The largest absolute Gasteiger partial charge is 0.334 e. The molecule has 1 aliphatic rings. The molecule has 1 saturated carbocycles. The van der Waals surface area contributed by atoms with E-state index in [-0.39, 0.29) is 5.91 Å². The number of amides is 1. The molecular weight excluding hydrogens is 304 g/mol.